The van der Waals surface area contributed by atoms with Crippen molar-refractivity contribution in [2.45, 2.75) is 6.54 Å². The summed E-state index contributed by atoms with van der Waals surface area (Å²) in [7, 11) is 0. The quantitative estimate of drug-likeness (QED) is 0.595. The molecule has 6 nitrogen and oxygen atoms in total. The zero-order chi connectivity index (χ0) is 16.5. The third kappa shape index (κ3) is 2.54. The first kappa shape index (κ1) is 14.2. The zero-order valence-corrected chi connectivity index (χ0v) is 12.7. The van der Waals surface area contributed by atoms with E-state index in [9.17, 15) is 9.90 Å². The maximum Gasteiger partial charge on any atom is 0.337 e. The number of nitrogens with one attached hydrogen (secondary N) is 1. The highest BCUT2D eigenvalue weighted by atomic mass is 16.4. The van der Waals surface area contributed by atoms with Gasteiger partial charge in [-0.25, -0.2) is 9.79 Å². The van der Waals surface area contributed by atoms with E-state index in [-0.39, 0.29) is 5.56 Å². The van der Waals surface area contributed by atoms with E-state index in [0.717, 1.165) is 12.2 Å². The van der Waals surface area contributed by atoms with Crippen molar-refractivity contribution in [3.8, 4) is 0 Å². The van der Waals surface area contributed by atoms with Crippen LogP contribution in [0, 0.1) is 0 Å². The Balaban J connectivity index is 1.77. The van der Waals surface area contributed by atoms with Crippen LogP contribution in [0.15, 0.2) is 65.8 Å². The number of para-hydroxylation sites is 2. The summed E-state index contributed by atoms with van der Waals surface area (Å²) in [4.78, 5) is 20.2. The molecule has 1 aliphatic rings. The molecule has 0 unspecified atom stereocenters. The van der Waals surface area contributed by atoms with Crippen molar-refractivity contribution in [1.82, 2.24) is 9.55 Å². The molecule has 118 valence electrons. The molecule has 0 radical (unpaired) electrons. The summed E-state index contributed by atoms with van der Waals surface area (Å²) < 4.78 is 1.99. The molecule has 6 heteroatoms. The largest absolute Gasteiger partial charge is 0.478 e. The lowest BCUT2D eigenvalue weighted by molar-refractivity contribution is 0.0698. The predicted octanol–water partition coefficient (Wildman–Crippen LogP) is 2.92. The van der Waals surface area contributed by atoms with Crippen molar-refractivity contribution < 1.29 is 9.90 Å². The van der Waals surface area contributed by atoms with E-state index < -0.39 is 5.97 Å². The molecule has 2 N–H and O–H groups in total. The van der Waals surface area contributed by atoms with Gasteiger partial charge in [0.25, 0.3) is 0 Å². The van der Waals surface area contributed by atoms with E-state index in [1.54, 1.807) is 24.3 Å². The van der Waals surface area contributed by atoms with Crippen molar-refractivity contribution in [2.75, 3.05) is 5.32 Å². The lowest BCUT2D eigenvalue weighted by Crippen LogP contribution is -2.21. The number of anilines is 2. The number of nitrogens with zero attached hydrogens (tertiary/aromatic N) is 3. The van der Waals surface area contributed by atoms with Crippen LogP contribution < -0.4 is 10.8 Å². The molecule has 0 amide bonds. The molecule has 0 fully saturated rings. The highest BCUT2D eigenvalue weighted by Gasteiger charge is 2.13. The fraction of sp³-hybridized carbons (Fsp3) is 0.0556. The Morgan fingerprint density at radius 1 is 1.12 bits per heavy atom. The van der Waals surface area contributed by atoms with Gasteiger partial charge in [0.1, 0.15) is 0 Å². The first-order valence-corrected chi connectivity index (χ1v) is 7.50. The Morgan fingerprint density at radius 2 is 1.92 bits per heavy atom. The van der Waals surface area contributed by atoms with E-state index in [1.807, 2.05) is 29.0 Å². The smallest absolute Gasteiger partial charge is 0.337 e. The third-order valence-electron chi connectivity index (χ3n) is 3.87. The SMILES string of the molecule is O=C(O)c1ccccc1N=c1ccn2c(n1)Nc1ccccc1C2. The lowest BCUT2D eigenvalue weighted by Gasteiger charge is -2.22. The molecular formula is C18H14N4O2. The molecule has 1 aromatic heterocycles. The molecule has 0 aliphatic carbocycles. The summed E-state index contributed by atoms with van der Waals surface area (Å²) in [6.45, 7) is 0.734. The maximum absolute atomic E-state index is 11.3. The van der Waals surface area contributed by atoms with Crippen molar-refractivity contribution >= 4 is 23.3 Å². The van der Waals surface area contributed by atoms with Crippen LogP contribution in [0.3, 0.4) is 0 Å². The second kappa shape index (κ2) is 5.66. The van der Waals surface area contributed by atoms with Gasteiger partial charge >= 0.3 is 5.97 Å². The number of carbonyl (C=O) groups is 1. The molecule has 4 rings (SSSR count). The van der Waals surface area contributed by atoms with Gasteiger partial charge in [-0.1, -0.05) is 30.3 Å². The average Bonchev–Trinajstić information content (AvgIpc) is 2.60. The van der Waals surface area contributed by atoms with Crippen LogP contribution in [0.25, 0.3) is 0 Å². The first-order valence-electron chi connectivity index (χ1n) is 7.50. The third-order valence-corrected chi connectivity index (χ3v) is 3.87. The molecule has 0 atom stereocenters. The topological polar surface area (TPSA) is 79.5 Å². The number of aromatic nitrogens is 2. The molecule has 0 spiro atoms. The van der Waals surface area contributed by atoms with Gasteiger partial charge in [0.05, 0.1) is 17.8 Å². The van der Waals surface area contributed by atoms with Crippen LogP contribution in [0.1, 0.15) is 15.9 Å². The molecule has 2 aromatic carbocycles. The molecule has 2 heterocycles. The van der Waals surface area contributed by atoms with E-state index in [1.165, 1.54) is 11.6 Å². The van der Waals surface area contributed by atoms with Crippen molar-refractivity contribution in [2.24, 2.45) is 4.99 Å². The number of carboxylic acid groups (broad SMARTS) is 1. The first-order chi connectivity index (χ1) is 11.7. The van der Waals surface area contributed by atoms with Crippen molar-refractivity contribution in [3.05, 3.63) is 77.4 Å². The minimum absolute atomic E-state index is 0.156. The van der Waals surface area contributed by atoms with Gasteiger partial charge < -0.3 is 15.0 Å². The van der Waals surface area contributed by atoms with Crippen LogP contribution in [-0.4, -0.2) is 20.6 Å². The van der Waals surface area contributed by atoms with Gasteiger partial charge in [-0.2, -0.15) is 4.98 Å². The standard InChI is InChI=1S/C18H14N4O2/c23-17(24)13-6-2-4-8-15(13)19-16-9-10-22-11-12-5-1-3-7-14(12)20-18(22)21-16/h1-10H,11H2,(H,23,24)(H,19,20,21). The summed E-state index contributed by atoms with van der Waals surface area (Å²) >= 11 is 0. The summed E-state index contributed by atoms with van der Waals surface area (Å²) in [5.74, 6) is -0.323. The predicted molar refractivity (Wildman–Crippen MR) is 89.7 cm³/mol. The minimum Gasteiger partial charge on any atom is -0.478 e. The molecule has 3 aromatic rings. The highest BCUT2D eigenvalue weighted by molar-refractivity contribution is 5.93. The highest BCUT2D eigenvalue weighted by Crippen LogP contribution is 2.25. The summed E-state index contributed by atoms with van der Waals surface area (Å²) in [5.41, 5.74) is 3.22. The molecule has 24 heavy (non-hydrogen) atoms. The van der Waals surface area contributed by atoms with Crippen LogP contribution >= 0.6 is 0 Å². The second-order valence-electron chi connectivity index (χ2n) is 5.45. The normalized spacial score (nSPS) is 12.9. The van der Waals surface area contributed by atoms with Gasteiger partial charge in [-0.3, -0.25) is 0 Å². The van der Waals surface area contributed by atoms with Crippen LogP contribution in [0.5, 0.6) is 0 Å². The number of rotatable bonds is 2. The number of hydrogen-bond donors (Lipinski definition) is 2. The summed E-state index contributed by atoms with van der Waals surface area (Å²) in [6.07, 6.45) is 1.90. The lowest BCUT2D eigenvalue weighted by atomic mass is 10.1. The average molecular weight is 318 g/mol. The second-order valence-corrected chi connectivity index (χ2v) is 5.45. The van der Waals surface area contributed by atoms with Gasteiger partial charge in [-0.05, 0) is 29.8 Å². The molecule has 0 saturated carbocycles. The number of fused-ring (bicyclic) bond motifs is 2. The van der Waals surface area contributed by atoms with Crippen LogP contribution in [-0.2, 0) is 6.54 Å². The van der Waals surface area contributed by atoms with Gasteiger partial charge in [0, 0.05) is 11.9 Å². The van der Waals surface area contributed by atoms with Gasteiger partial charge in [-0.15, -0.1) is 0 Å². The molecule has 1 aliphatic heterocycles. The van der Waals surface area contributed by atoms with E-state index in [0.29, 0.717) is 17.1 Å². The van der Waals surface area contributed by atoms with Crippen molar-refractivity contribution in [3.63, 3.8) is 0 Å². The van der Waals surface area contributed by atoms with Crippen LogP contribution in [0.2, 0.25) is 0 Å². The number of carboxylic acids is 1. The molecular weight excluding hydrogens is 304 g/mol. The Labute approximate surface area is 137 Å². The fourth-order valence-electron chi connectivity index (χ4n) is 2.69. The molecule has 0 saturated heterocycles. The number of aromatic carboxylic acids is 1. The Hall–Kier alpha value is -3.41. The molecule has 0 bridgehead atoms. The van der Waals surface area contributed by atoms with Crippen molar-refractivity contribution in [1.29, 1.82) is 0 Å². The Kier molecular flexibility index (Phi) is 3.35. The van der Waals surface area contributed by atoms with E-state index in [4.69, 9.17) is 0 Å². The van der Waals surface area contributed by atoms with Crippen LogP contribution in [0.4, 0.5) is 17.3 Å². The monoisotopic (exact) mass is 318 g/mol. The van der Waals surface area contributed by atoms with Gasteiger partial charge in [0.2, 0.25) is 5.95 Å². The number of benzene rings is 2. The summed E-state index contributed by atoms with van der Waals surface area (Å²) in [6, 6.07) is 16.5. The zero-order valence-electron chi connectivity index (χ0n) is 12.7. The Morgan fingerprint density at radius 3 is 2.79 bits per heavy atom. The Bertz CT molecular complexity index is 1010. The summed E-state index contributed by atoms with van der Waals surface area (Å²) in [5, 5.41) is 12.5. The number of hydrogen-bond acceptors (Lipinski definition) is 4. The van der Waals surface area contributed by atoms with E-state index in [2.05, 4.69) is 21.4 Å². The van der Waals surface area contributed by atoms with E-state index >= 15 is 0 Å². The van der Waals surface area contributed by atoms with Gasteiger partial charge in [0.15, 0.2) is 5.49 Å². The minimum atomic E-state index is -1.01. The maximum atomic E-state index is 11.3. The fourth-order valence-corrected chi connectivity index (χ4v) is 2.69.